The minimum absolute atomic E-state index is 0. The summed E-state index contributed by atoms with van der Waals surface area (Å²) in [6.45, 7) is 0. The molecule has 0 aromatic heterocycles. The van der Waals surface area contributed by atoms with Gasteiger partial charge in [-0.2, -0.15) is 0 Å². The molecule has 0 saturated heterocycles. The van der Waals surface area contributed by atoms with E-state index >= 15 is 0 Å². The first kappa shape index (κ1) is 134. The number of rotatable bonds is 0. The van der Waals surface area contributed by atoms with E-state index in [-0.39, 0.29) is 142 Å². The van der Waals surface area contributed by atoms with E-state index in [1.807, 2.05) is 0 Å². The predicted molar refractivity (Wildman–Crippen MR) is 3.43 cm³/mol. The van der Waals surface area contributed by atoms with E-state index in [4.69, 9.17) is 0 Å². The molecular formula is Mn2O5Pm2. The third-order valence-electron chi connectivity index (χ3n) is 0. The second kappa shape index (κ2) is 103. The van der Waals surface area contributed by atoms with Gasteiger partial charge in [0.25, 0.3) is 0 Å². The minimum atomic E-state index is 0. The first-order valence-electron chi connectivity index (χ1n) is 0. The standard InChI is InChI=1S/2Mn.5O.2Pm/q2*+2;5*-2;2*+3. The Morgan fingerprint density at radius 2 is 0.333 bits per heavy atom. The Bertz CT molecular complexity index is 12.9. The molecule has 0 amide bonds. The van der Waals surface area contributed by atoms with Crippen molar-refractivity contribution in [2.75, 3.05) is 0 Å². The van der Waals surface area contributed by atoms with Gasteiger partial charge in [0.1, 0.15) is 0 Å². The van der Waals surface area contributed by atoms with Crippen molar-refractivity contribution >= 4 is 0 Å². The van der Waals surface area contributed by atoms with Crippen LogP contribution in [0.1, 0.15) is 0 Å². The van der Waals surface area contributed by atoms with E-state index < -0.39 is 0 Å². The van der Waals surface area contributed by atoms with Crippen molar-refractivity contribution in [1.82, 2.24) is 0 Å². The van der Waals surface area contributed by atoms with E-state index in [1.54, 1.807) is 0 Å². The second-order valence-corrected chi connectivity index (χ2v) is 0. The molecule has 5 nitrogen and oxygen atoms in total. The number of hydrogen-bond donors (Lipinski definition) is 0. The van der Waals surface area contributed by atoms with Gasteiger partial charge in [-0.1, -0.05) is 0 Å². The summed E-state index contributed by atoms with van der Waals surface area (Å²) in [6.07, 6.45) is 0. The normalized spacial score (nSPS) is 0. The third-order valence-corrected chi connectivity index (χ3v) is 0. The van der Waals surface area contributed by atoms with Crippen molar-refractivity contribution in [3.8, 4) is 0 Å². The van der Waals surface area contributed by atoms with Gasteiger partial charge in [0.2, 0.25) is 0 Å². The molecule has 0 heterocycles. The second-order valence-electron chi connectivity index (χ2n) is 0. The van der Waals surface area contributed by atoms with E-state index in [0.29, 0.717) is 0 Å². The van der Waals surface area contributed by atoms with Crippen molar-refractivity contribution in [1.29, 1.82) is 0 Å². The molecule has 0 bridgehead atoms. The van der Waals surface area contributed by atoms with Crippen molar-refractivity contribution in [2.24, 2.45) is 0 Å². The van der Waals surface area contributed by atoms with E-state index in [2.05, 4.69) is 0 Å². The molecule has 0 fully saturated rings. The Balaban J connectivity index is 0. The van der Waals surface area contributed by atoms with Crippen LogP contribution in [0.25, 0.3) is 0 Å². The molecule has 0 aromatic rings. The van der Waals surface area contributed by atoms with E-state index in [1.165, 1.54) is 0 Å². The molecule has 0 spiro atoms. The molecule has 0 aliphatic rings. The van der Waals surface area contributed by atoms with Crippen molar-refractivity contribution in [2.45, 2.75) is 0 Å². The van der Waals surface area contributed by atoms with Crippen LogP contribution in [0.4, 0.5) is 0 Å². The maximum Gasteiger partial charge on any atom is 3.00 e. The zero-order valence-corrected chi connectivity index (χ0v) is 11.8. The van der Waals surface area contributed by atoms with Crippen LogP contribution in [0.5, 0.6) is 0 Å². The molecule has 0 rings (SSSR count). The molecule has 0 aliphatic heterocycles. The molecular weight excluding hydrogens is 480 g/mol. The van der Waals surface area contributed by atoms with Crippen LogP contribution in [0.2, 0.25) is 0 Å². The molecule has 0 saturated carbocycles. The maximum atomic E-state index is 0. The zero-order chi connectivity index (χ0) is 0. The summed E-state index contributed by atoms with van der Waals surface area (Å²) in [5.41, 5.74) is 0. The summed E-state index contributed by atoms with van der Waals surface area (Å²) < 4.78 is 0. The zero-order valence-electron chi connectivity index (χ0n) is 3.69. The maximum absolute atomic E-state index is 0. The third kappa shape index (κ3) is 84.4. The molecule has 0 unspecified atom stereocenters. The molecule has 0 N–H and O–H groups in total. The van der Waals surface area contributed by atoms with E-state index in [9.17, 15) is 0 Å². The van der Waals surface area contributed by atoms with Gasteiger partial charge >= 0.3 is 115 Å². The fourth-order valence-electron chi connectivity index (χ4n) is 0. The van der Waals surface area contributed by atoms with Crippen molar-refractivity contribution in [3.63, 3.8) is 0 Å². The summed E-state index contributed by atoms with van der Waals surface area (Å²) in [5.74, 6) is 0. The molecule has 9 heteroatoms. The van der Waals surface area contributed by atoms with Gasteiger partial charge in [-0.05, 0) is 0 Å². The van der Waals surface area contributed by atoms with Crippen LogP contribution >= 0.6 is 0 Å². The van der Waals surface area contributed by atoms with Crippen LogP contribution < -0.4 is 0 Å². The first-order chi connectivity index (χ1) is 0. The summed E-state index contributed by atoms with van der Waals surface area (Å²) in [4.78, 5) is 0. The van der Waals surface area contributed by atoms with Gasteiger partial charge in [-0.25, -0.2) is 0 Å². The Morgan fingerprint density at radius 3 is 0.333 bits per heavy atom. The van der Waals surface area contributed by atoms with Gasteiger partial charge in [-0.3, -0.25) is 0 Å². The summed E-state index contributed by atoms with van der Waals surface area (Å²) in [6, 6.07) is 0. The largest absolute Gasteiger partial charge is 3.00 e. The smallest absolute Gasteiger partial charge is 2.00 e. The average Bonchev–Trinajstić information content (AvgIpc) is 0. The Hall–Kier alpha value is 3.51. The van der Waals surface area contributed by atoms with Gasteiger partial charge in [-0.15, -0.1) is 0 Å². The van der Waals surface area contributed by atoms with Crippen LogP contribution in [0, 0.1) is 80.8 Å². The Kier molecular flexibility index (Phi) is 1540. The van der Waals surface area contributed by atoms with Crippen LogP contribution in [0.15, 0.2) is 0 Å². The molecule has 9 heavy (non-hydrogen) atoms. The molecule has 2 radical (unpaired) electrons. The fraction of sp³-hybridized carbons (Fsp3) is 0. The monoisotopic (exact) mass is 480 g/mol. The van der Waals surface area contributed by atoms with Crippen LogP contribution in [0.3, 0.4) is 0 Å². The van der Waals surface area contributed by atoms with E-state index in [0.717, 1.165) is 0 Å². The first-order valence-corrected chi connectivity index (χ1v) is 0. The molecule has 54 valence electrons. The number of hydrogen-bond acceptors (Lipinski definition) is 0. The van der Waals surface area contributed by atoms with Gasteiger partial charge < -0.3 is 27.4 Å². The molecule has 0 aliphatic carbocycles. The fourth-order valence-corrected chi connectivity index (χ4v) is 0. The van der Waals surface area contributed by atoms with Gasteiger partial charge in [0.05, 0.1) is 0 Å². The quantitative estimate of drug-likeness (QED) is 0.409. The molecule has 0 atom stereocenters. The Labute approximate surface area is 139 Å². The molecule has 0 aromatic carbocycles. The van der Waals surface area contributed by atoms with Crippen LogP contribution in [-0.2, 0) is 61.5 Å². The average molecular weight is 480 g/mol. The van der Waals surface area contributed by atoms with Crippen LogP contribution in [-0.4, -0.2) is 0 Å². The summed E-state index contributed by atoms with van der Waals surface area (Å²) in [7, 11) is 0. The van der Waals surface area contributed by atoms with Gasteiger partial charge in [0, 0.05) is 0 Å². The summed E-state index contributed by atoms with van der Waals surface area (Å²) in [5, 5.41) is 0. The predicted octanol–water partition coefficient (Wildman–Crippen LogP) is -0.599. The van der Waals surface area contributed by atoms with Crippen molar-refractivity contribution < 1.29 is 142 Å². The van der Waals surface area contributed by atoms with Gasteiger partial charge in [0.15, 0.2) is 0 Å². The summed E-state index contributed by atoms with van der Waals surface area (Å²) >= 11 is 0. The minimum Gasteiger partial charge on any atom is -2.00 e. The van der Waals surface area contributed by atoms with Crippen molar-refractivity contribution in [3.05, 3.63) is 0 Å². The SMILES string of the molecule is [Mn+2].[Mn+2].[O-2].[O-2].[O-2].[O-2].[O-2].[Pm+3].[Pm+3]. The Morgan fingerprint density at radius 1 is 0.333 bits per heavy atom. The topological polar surface area (TPSA) is 142 Å².